The third-order valence-corrected chi connectivity index (χ3v) is 3.90. The van der Waals surface area contributed by atoms with E-state index in [4.69, 9.17) is 5.73 Å². The molecule has 0 aliphatic carbocycles. The standard InChI is InChI=1S/C15H11Br2N3/c16-11-4-1-3-10(7-11)14-9-15(18)20(19-14)13-6-2-5-12(17)8-13/h1-9H,18H2. The number of rotatable bonds is 2. The summed E-state index contributed by atoms with van der Waals surface area (Å²) < 4.78 is 3.75. The maximum atomic E-state index is 6.07. The van der Waals surface area contributed by atoms with Crippen molar-refractivity contribution in [1.82, 2.24) is 9.78 Å². The monoisotopic (exact) mass is 391 g/mol. The Hall–Kier alpha value is -1.59. The molecule has 3 nitrogen and oxygen atoms in total. The number of benzene rings is 2. The Labute approximate surface area is 133 Å². The van der Waals surface area contributed by atoms with Crippen molar-refractivity contribution in [1.29, 1.82) is 0 Å². The fourth-order valence-corrected chi connectivity index (χ4v) is 2.79. The van der Waals surface area contributed by atoms with E-state index in [0.29, 0.717) is 5.82 Å². The Morgan fingerprint density at radius 3 is 2.30 bits per heavy atom. The van der Waals surface area contributed by atoms with Gasteiger partial charge in [0.05, 0.1) is 11.4 Å². The molecule has 0 fully saturated rings. The Balaban J connectivity index is 2.08. The van der Waals surface area contributed by atoms with Crippen molar-refractivity contribution in [2.24, 2.45) is 0 Å². The molecular formula is C15H11Br2N3. The number of nitrogens with two attached hydrogens (primary N) is 1. The highest BCUT2D eigenvalue weighted by Gasteiger charge is 2.09. The Kier molecular flexibility index (Phi) is 3.63. The first-order chi connectivity index (χ1) is 9.63. The van der Waals surface area contributed by atoms with Crippen molar-refractivity contribution in [3.63, 3.8) is 0 Å². The van der Waals surface area contributed by atoms with Crippen LogP contribution >= 0.6 is 31.9 Å². The molecule has 0 atom stereocenters. The molecule has 100 valence electrons. The van der Waals surface area contributed by atoms with Crippen molar-refractivity contribution in [3.05, 3.63) is 63.5 Å². The van der Waals surface area contributed by atoms with Crippen molar-refractivity contribution in [2.75, 3.05) is 5.73 Å². The number of aromatic nitrogens is 2. The normalized spacial score (nSPS) is 10.7. The van der Waals surface area contributed by atoms with Crippen molar-refractivity contribution in [2.45, 2.75) is 0 Å². The molecule has 0 radical (unpaired) electrons. The summed E-state index contributed by atoms with van der Waals surface area (Å²) >= 11 is 6.92. The summed E-state index contributed by atoms with van der Waals surface area (Å²) in [5.74, 6) is 0.609. The highest BCUT2D eigenvalue weighted by atomic mass is 79.9. The predicted octanol–water partition coefficient (Wildman–Crippen LogP) is 4.65. The smallest absolute Gasteiger partial charge is 0.127 e. The quantitative estimate of drug-likeness (QED) is 0.689. The van der Waals surface area contributed by atoms with Crippen LogP contribution in [0.3, 0.4) is 0 Å². The van der Waals surface area contributed by atoms with Crippen LogP contribution in [0.2, 0.25) is 0 Å². The van der Waals surface area contributed by atoms with E-state index < -0.39 is 0 Å². The lowest BCUT2D eigenvalue weighted by Crippen LogP contribution is -2.01. The van der Waals surface area contributed by atoms with Crippen LogP contribution in [0, 0.1) is 0 Å². The minimum atomic E-state index is 0.609. The fraction of sp³-hybridized carbons (Fsp3) is 0. The summed E-state index contributed by atoms with van der Waals surface area (Å²) in [6.07, 6.45) is 0. The van der Waals surface area contributed by atoms with Crippen LogP contribution in [0.1, 0.15) is 0 Å². The topological polar surface area (TPSA) is 43.8 Å². The zero-order chi connectivity index (χ0) is 14.1. The zero-order valence-electron chi connectivity index (χ0n) is 10.4. The van der Waals surface area contributed by atoms with Gasteiger partial charge in [-0.3, -0.25) is 0 Å². The van der Waals surface area contributed by atoms with E-state index in [2.05, 4.69) is 37.0 Å². The summed E-state index contributed by atoms with van der Waals surface area (Å²) in [5.41, 5.74) is 8.88. The van der Waals surface area contributed by atoms with Gasteiger partial charge in [-0.2, -0.15) is 5.10 Å². The van der Waals surface area contributed by atoms with Crippen LogP contribution in [0.4, 0.5) is 5.82 Å². The van der Waals surface area contributed by atoms with Crippen molar-refractivity contribution >= 4 is 37.7 Å². The molecule has 3 rings (SSSR count). The number of nitrogens with zero attached hydrogens (tertiary/aromatic N) is 2. The summed E-state index contributed by atoms with van der Waals surface area (Å²) in [7, 11) is 0. The van der Waals surface area contributed by atoms with E-state index in [1.807, 2.05) is 54.6 Å². The minimum absolute atomic E-state index is 0.609. The number of hydrogen-bond acceptors (Lipinski definition) is 2. The lowest BCUT2D eigenvalue weighted by molar-refractivity contribution is 0.894. The first kappa shape index (κ1) is 13.4. The summed E-state index contributed by atoms with van der Waals surface area (Å²) in [5, 5.41) is 4.58. The van der Waals surface area contributed by atoms with Gasteiger partial charge in [0.25, 0.3) is 0 Å². The van der Waals surface area contributed by atoms with Crippen molar-refractivity contribution in [3.8, 4) is 16.9 Å². The van der Waals surface area contributed by atoms with E-state index in [1.165, 1.54) is 0 Å². The van der Waals surface area contributed by atoms with Crippen molar-refractivity contribution < 1.29 is 0 Å². The van der Waals surface area contributed by atoms with E-state index in [1.54, 1.807) is 4.68 Å². The van der Waals surface area contributed by atoms with Gasteiger partial charge in [0.1, 0.15) is 5.82 Å². The first-order valence-electron chi connectivity index (χ1n) is 6.01. The van der Waals surface area contributed by atoms with Gasteiger partial charge in [-0.05, 0) is 30.3 Å². The lowest BCUT2D eigenvalue weighted by atomic mass is 10.2. The van der Waals surface area contributed by atoms with E-state index >= 15 is 0 Å². The highest BCUT2D eigenvalue weighted by Crippen LogP contribution is 2.26. The second-order valence-electron chi connectivity index (χ2n) is 4.36. The number of hydrogen-bond donors (Lipinski definition) is 1. The first-order valence-corrected chi connectivity index (χ1v) is 7.59. The molecule has 5 heteroatoms. The van der Waals surface area contributed by atoms with Crippen LogP contribution in [0.25, 0.3) is 16.9 Å². The number of nitrogen functional groups attached to an aromatic ring is 1. The molecule has 0 unspecified atom stereocenters. The molecule has 2 aromatic carbocycles. The number of anilines is 1. The molecule has 0 saturated carbocycles. The molecule has 3 aromatic rings. The van der Waals surface area contributed by atoms with Gasteiger partial charge in [0, 0.05) is 20.6 Å². The van der Waals surface area contributed by atoms with Gasteiger partial charge in [0.2, 0.25) is 0 Å². The van der Waals surface area contributed by atoms with Crippen LogP contribution in [-0.4, -0.2) is 9.78 Å². The second kappa shape index (κ2) is 5.42. The maximum absolute atomic E-state index is 6.07. The van der Waals surface area contributed by atoms with Crippen LogP contribution < -0.4 is 5.73 Å². The Morgan fingerprint density at radius 1 is 0.900 bits per heavy atom. The van der Waals surface area contributed by atoms with Gasteiger partial charge in [-0.25, -0.2) is 4.68 Å². The van der Waals surface area contributed by atoms with Gasteiger partial charge in [0.15, 0.2) is 0 Å². The van der Waals surface area contributed by atoms with Crippen LogP contribution in [0.15, 0.2) is 63.5 Å². The SMILES string of the molecule is Nc1cc(-c2cccc(Br)c2)nn1-c1cccc(Br)c1. The summed E-state index contributed by atoms with van der Waals surface area (Å²) in [6.45, 7) is 0. The van der Waals surface area contributed by atoms with Gasteiger partial charge >= 0.3 is 0 Å². The average Bonchev–Trinajstić information content (AvgIpc) is 2.81. The minimum Gasteiger partial charge on any atom is -0.384 e. The van der Waals surface area contributed by atoms with Gasteiger partial charge < -0.3 is 5.73 Å². The zero-order valence-corrected chi connectivity index (χ0v) is 13.6. The van der Waals surface area contributed by atoms with E-state index in [-0.39, 0.29) is 0 Å². The molecule has 0 bridgehead atoms. The molecular weight excluding hydrogens is 382 g/mol. The second-order valence-corrected chi connectivity index (χ2v) is 6.19. The molecule has 2 N–H and O–H groups in total. The number of halogens is 2. The lowest BCUT2D eigenvalue weighted by Gasteiger charge is -2.04. The largest absolute Gasteiger partial charge is 0.384 e. The maximum Gasteiger partial charge on any atom is 0.127 e. The fourth-order valence-electron chi connectivity index (χ4n) is 2.00. The highest BCUT2D eigenvalue weighted by molar-refractivity contribution is 9.10. The Morgan fingerprint density at radius 2 is 1.60 bits per heavy atom. The third kappa shape index (κ3) is 2.64. The van der Waals surface area contributed by atoms with Crippen LogP contribution in [-0.2, 0) is 0 Å². The van der Waals surface area contributed by atoms with E-state index in [9.17, 15) is 0 Å². The summed E-state index contributed by atoms with van der Waals surface area (Å²) in [4.78, 5) is 0. The molecule has 1 aromatic heterocycles. The molecule has 1 heterocycles. The predicted molar refractivity (Wildman–Crippen MR) is 88.8 cm³/mol. The molecule has 20 heavy (non-hydrogen) atoms. The molecule has 0 aliphatic heterocycles. The Bertz CT molecular complexity index is 765. The summed E-state index contributed by atoms with van der Waals surface area (Å²) in [6, 6.07) is 17.8. The van der Waals surface area contributed by atoms with Gasteiger partial charge in [-0.15, -0.1) is 0 Å². The third-order valence-electron chi connectivity index (χ3n) is 2.91. The van der Waals surface area contributed by atoms with E-state index in [0.717, 1.165) is 25.9 Å². The van der Waals surface area contributed by atoms with Crippen LogP contribution in [0.5, 0.6) is 0 Å². The van der Waals surface area contributed by atoms with Gasteiger partial charge in [-0.1, -0.05) is 50.1 Å². The molecule has 0 saturated heterocycles. The molecule has 0 aliphatic rings. The molecule has 0 amide bonds. The average molecular weight is 393 g/mol. The molecule has 0 spiro atoms.